The van der Waals surface area contributed by atoms with Gasteiger partial charge in [-0.05, 0) is 24.1 Å². The summed E-state index contributed by atoms with van der Waals surface area (Å²) in [6.45, 7) is 6.38. The Balaban J connectivity index is 2.50. The van der Waals surface area contributed by atoms with E-state index in [2.05, 4.69) is 20.8 Å². The summed E-state index contributed by atoms with van der Waals surface area (Å²) in [4.78, 5) is 0. The fourth-order valence-corrected chi connectivity index (χ4v) is 2.22. The van der Waals surface area contributed by atoms with Gasteiger partial charge >= 0.3 is 0 Å². The van der Waals surface area contributed by atoms with Crippen LogP contribution in [0.2, 0.25) is 0 Å². The van der Waals surface area contributed by atoms with Crippen LogP contribution in [-0.4, -0.2) is 16.5 Å². The second-order valence-corrected chi connectivity index (χ2v) is 6.98. The predicted molar refractivity (Wildman–Crippen MR) is 70.2 cm³/mol. The van der Waals surface area contributed by atoms with E-state index in [0.717, 1.165) is 17.4 Å². The molecule has 1 aromatic carbocycles. The van der Waals surface area contributed by atoms with Gasteiger partial charge in [-0.1, -0.05) is 26.8 Å². The molecule has 0 aliphatic heterocycles. The van der Waals surface area contributed by atoms with E-state index in [1.54, 1.807) is 17.8 Å². The van der Waals surface area contributed by atoms with E-state index in [0.29, 0.717) is 6.42 Å². The van der Waals surface area contributed by atoms with Crippen LogP contribution < -0.4 is 5.73 Å². The fourth-order valence-electron chi connectivity index (χ4n) is 1.39. The van der Waals surface area contributed by atoms with E-state index >= 15 is 0 Å². The Kier molecular flexibility index (Phi) is 4.95. The zero-order valence-corrected chi connectivity index (χ0v) is 11.3. The highest BCUT2D eigenvalue weighted by Crippen LogP contribution is 2.24. The smallest absolute Gasteiger partial charge is 0.159 e. The Morgan fingerprint density at radius 3 is 2.41 bits per heavy atom. The molecule has 0 saturated heterocycles. The van der Waals surface area contributed by atoms with Crippen LogP contribution in [-0.2, 0) is 6.42 Å². The van der Waals surface area contributed by atoms with Gasteiger partial charge in [-0.15, -0.1) is 0 Å². The molecule has 0 fully saturated rings. The largest absolute Gasteiger partial charge is 0.327 e. The van der Waals surface area contributed by atoms with E-state index in [4.69, 9.17) is 5.73 Å². The summed E-state index contributed by atoms with van der Waals surface area (Å²) in [7, 11) is 0. The fraction of sp³-hybridized carbons (Fsp3) is 0.538. The van der Waals surface area contributed by atoms with Crippen LogP contribution in [0.1, 0.15) is 26.3 Å². The Morgan fingerprint density at radius 2 is 1.88 bits per heavy atom. The van der Waals surface area contributed by atoms with Crippen molar-refractivity contribution in [3.05, 3.63) is 35.4 Å². The zero-order valence-electron chi connectivity index (χ0n) is 10.5. The summed E-state index contributed by atoms with van der Waals surface area (Å²) >= 11 is 1.78. The first-order chi connectivity index (χ1) is 7.78. The van der Waals surface area contributed by atoms with Gasteiger partial charge in [0.05, 0.1) is 0 Å². The molecule has 2 N–H and O–H groups in total. The molecule has 0 aliphatic carbocycles. The Bertz CT molecular complexity index is 374. The van der Waals surface area contributed by atoms with Gasteiger partial charge < -0.3 is 5.73 Å². The van der Waals surface area contributed by atoms with Crippen molar-refractivity contribution >= 4 is 11.8 Å². The van der Waals surface area contributed by atoms with Gasteiger partial charge in [-0.2, -0.15) is 11.8 Å². The molecule has 1 atom stereocenters. The molecule has 0 aliphatic rings. The van der Waals surface area contributed by atoms with Gasteiger partial charge in [0.1, 0.15) is 0 Å². The number of hydrogen-bond donors (Lipinski definition) is 1. The number of thioether (sulfide) groups is 1. The minimum Gasteiger partial charge on any atom is -0.327 e. The minimum absolute atomic E-state index is 0.0379. The summed E-state index contributed by atoms with van der Waals surface area (Å²) in [6.07, 6.45) is 0.570. The van der Waals surface area contributed by atoms with Gasteiger partial charge in [-0.25, -0.2) is 8.78 Å². The maximum absolute atomic E-state index is 13.0. The molecule has 4 heteroatoms. The SMILES string of the molecule is CC(C)(C)SCC(N)Cc1ccc(F)c(F)c1. The van der Waals surface area contributed by atoms with Crippen LogP contribution in [0.25, 0.3) is 0 Å². The summed E-state index contributed by atoms with van der Waals surface area (Å²) in [5.41, 5.74) is 6.71. The molecule has 1 nitrogen and oxygen atoms in total. The summed E-state index contributed by atoms with van der Waals surface area (Å²) in [6, 6.07) is 3.91. The molecule has 0 amide bonds. The first-order valence-corrected chi connectivity index (χ1v) is 6.60. The summed E-state index contributed by atoms with van der Waals surface area (Å²) in [5, 5.41) is 0. The van der Waals surface area contributed by atoms with Crippen molar-refractivity contribution in [2.24, 2.45) is 5.73 Å². The molecule has 0 bridgehead atoms. The third-order valence-electron chi connectivity index (χ3n) is 2.21. The Labute approximate surface area is 106 Å². The summed E-state index contributed by atoms with van der Waals surface area (Å²) < 4.78 is 25.9. The second kappa shape index (κ2) is 5.83. The van der Waals surface area contributed by atoms with E-state index < -0.39 is 11.6 Å². The van der Waals surface area contributed by atoms with Crippen molar-refractivity contribution in [3.63, 3.8) is 0 Å². The molecule has 0 radical (unpaired) electrons. The van der Waals surface area contributed by atoms with Crippen molar-refractivity contribution in [1.29, 1.82) is 0 Å². The summed E-state index contributed by atoms with van der Waals surface area (Å²) in [5.74, 6) is -0.813. The number of halogens is 2. The quantitative estimate of drug-likeness (QED) is 0.897. The Morgan fingerprint density at radius 1 is 1.24 bits per heavy atom. The van der Waals surface area contributed by atoms with Gasteiger partial charge in [0.2, 0.25) is 0 Å². The maximum Gasteiger partial charge on any atom is 0.159 e. The number of benzene rings is 1. The maximum atomic E-state index is 13.0. The first-order valence-electron chi connectivity index (χ1n) is 5.61. The van der Waals surface area contributed by atoms with E-state index in [9.17, 15) is 8.78 Å². The van der Waals surface area contributed by atoms with Crippen molar-refractivity contribution < 1.29 is 8.78 Å². The molecule has 0 heterocycles. The third-order valence-corrected chi connectivity index (χ3v) is 3.67. The van der Waals surface area contributed by atoms with Crippen LogP contribution in [0.4, 0.5) is 8.78 Å². The van der Waals surface area contributed by atoms with E-state index in [-0.39, 0.29) is 10.8 Å². The number of hydrogen-bond acceptors (Lipinski definition) is 2. The lowest BCUT2D eigenvalue weighted by Gasteiger charge is -2.20. The van der Waals surface area contributed by atoms with Crippen LogP contribution in [0, 0.1) is 11.6 Å². The van der Waals surface area contributed by atoms with Crippen molar-refractivity contribution in [3.8, 4) is 0 Å². The highest BCUT2D eigenvalue weighted by Gasteiger charge is 2.14. The van der Waals surface area contributed by atoms with Gasteiger partial charge in [-0.3, -0.25) is 0 Å². The molecule has 1 rings (SSSR count). The molecule has 1 aromatic rings. The normalized spacial score (nSPS) is 13.8. The number of rotatable bonds is 4. The van der Waals surface area contributed by atoms with Crippen LogP contribution >= 0.6 is 11.8 Å². The number of nitrogens with two attached hydrogens (primary N) is 1. The van der Waals surface area contributed by atoms with Gasteiger partial charge in [0.25, 0.3) is 0 Å². The average Bonchev–Trinajstić information content (AvgIpc) is 2.20. The van der Waals surface area contributed by atoms with E-state index in [1.165, 1.54) is 6.07 Å². The van der Waals surface area contributed by atoms with Crippen LogP contribution in [0.5, 0.6) is 0 Å². The third kappa shape index (κ3) is 5.50. The second-order valence-electron chi connectivity index (χ2n) is 5.14. The molecular weight excluding hydrogens is 240 g/mol. The molecular formula is C13H19F2NS. The molecule has 17 heavy (non-hydrogen) atoms. The lowest BCUT2D eigenvalue weighted by molar-refractivity contribution is 0.506. The monoisotopic (exact) mass is 259 g/mol. The van der Waals surface area contributed by atoms with Crippen molar-refractivity contribution in [2.75, 3.05) is 5.75 Å². The van der Waals surface area contributed by atoms with Gasteiger partial charge in [0, 0.05) is 16.5 Å². The highest BCUT2D eigenvalue weighted by molar-refractivity contribution is 8.00. The topological polar surface area (TPSA) is 26.0 Å². The van der Waals surface area contributed by atoms with Crippen LogP contribution in [0.3, 0.4) is 0 Å². The lowest BCUT2D eigenvalue weighted by Crippen LogP contribution is -2.28. The van der Waals surface area contributed by atoms with E-state index in [1.807, 2.05) is 0 Å². The molecule has 1 unspecified atom stereocenters. The Hall–Kier alpha value is -0.610. The van der Waals surface area contributed by atoms with Crippen molar-refractivity contribution in [1.82, 2.24) is 0 Å². The average molecular weight is 259 g/mol. The van der Waals surface area contributed by atoms with Crippen LogP contribution in [0.15, 0.2) is 18.2 Å². The molecule has 0 saturated carbocycles. The predicted octanol–water partition coefficient (Wildman–Crippen LogP) is 3.37. The van der Waals surface area contributed by atoms with Crippen molar-refractivity contribution in [2.45, 2.75) is 38.0 Å². The lowest BCUT2D eigenvalue weighted by atomic mass is 10.1. The molecule has 0 aromatic heterocycles. The zero-order chi connectivity index (χ0) is 13.1. The highest BCUT2D eigenvalue weighted by atomic mass is 32.2. The first kappa shape index (κ1) is 14.5. The molecule has 0 spiro atoms. The standard InChI is InChI=1S/C13H19F2NS/c1-13(2,3)17-8-10(16)6-9-4-5-11(14)12(15)7-9/h4-5,7,10H,6,8,16H2,1-3H3. The van der Waals surface area contributed by atoms with Gasteiger partial charge in [0.15, 0.2) is 11.6 Å². The minimum atomic E-state index is -0.814. The molecule has 96 valence electrons.